The Hall–Kier alpha value is -2.29. The topological polar surface area (TPSA) is 241 Å². The third kappa shape index (κ3) is 5.43. The number of nitrogens with zero attached hydrogens (tertiary/aromatic N) is 5. The largest absolute Gasteiger partial charge is 0.387 e. The van der Waals surface area contributed by atoms with Gasteiger partial charge in [-0.1, -0.05) is 24.4 Å². The van der Waals surface area contributed by atoms with Gasteiger partial charge in [0.2, 0.25) is 5.95 Å². The molecule has 0 spiro atoms. The Balaban J connectivity index is 1.22. The minimum atomic E-state index is -4.32. The van der Waals surface area contributed by atoms with Crippen molar-refractivity contribution in [2.75, 3.05) is 18.9 Å². The van der Waals surface area contributed by atoms with Crippen LogP contribution in [-0.4, -0.2) is 94.0 Å². The number of imidazole rings is 2. The molecule has 4 bridgehead atoms. The molecule has 0 saturated carbocycles. The van der Waals surface area contributed by atoms with Crippen molar-refractivity contribution < 1.29 is 47.2 Å². The van der Waals surface area contributed by atoms with Crippen LogP contribution in [0.2, 0.25) is 0 Å². The number of nitrogen functional groups attached to an aromatic ring is 1. The standard InChI is InChI=1S/C22H25N7O11P2S2/c23-22-26-18-13(19(32)27-22)25-8-29(18)21-17-15(31)12(38-21)6-36-41(33,43)39-16-14(30)11(5-35-42(34,44)40-17)37-20(16)28-7-24-9-3-1-2-4-10(9)28/h1-4,7-8,11-12,14-17,20-21,30-31H,5-6H2,(H,33,43)(H,34,44)(H3,23,26,27,32)/t11-,12-,14+,15?,16?,17+,20-,21-,41?,42?/m1/s1. The van der Waals surface area contributed by atoms with E-state index in [1.54, 1.807) is 28.8 Å². The first kappa shape index (κ1) is 30.4. The number of aromatic nitrogens is 6. The summed E-state index contributed by atoms with van der Waals surface area (Å²) in [6.45, 7) is -9.50. The number of fused-ring (bicyclic) bond motifs is 6. The monoisotopic (exact) mass is 689 g/mol. The molecule has 1 aromatic carbocycles. The Bertz CT molecular complexity index is 1890. The normalized spacial score (nSPS) is 38.3. The second-order valence-corrected chi connectivity index (χ2v) is 15.9. The Morgan fingerprint density at radius 3 is 2.39 bits per heavy atom. The average molecular weight is 690 g/mol. The fraction of sp³-hybridized carbons (Fsp3) is 0.455. The zero-order valence-corrected chi connectivity index (χ0v) is 25.7. The molecule has 3 fully saturated rings. The zero-order valence-electron chi connectivity index (χ0n) is 22.2. The van der Waals surface area contributed by atoms with E-state index >= 15 is 0 Å². The molecule has 4 unspecified atom stereocenters. The van der Waals surface area contributed by atoms with Gasteiger partial charge in [0, 0.05) is 0 Å². The highest BCUT2D eigenvalue weighted by atomic mass is 32.7. The molecule has 3 aliphatic rings. The molecule has 0 amide bonds. The molecular weight excluding hydrogens is 664 g/mol. The number of para-hydroxylation sites is 2. The second-order valence-electron chi connectivity index (χ2n) is 10.2. The Morgan fingerprint density at radius 1 is 1.00 bits per heavy atom. The van der Waals surface area contributed by atoms with Crippen LogP contribution in [0.1, 0.15) is 12.5 Å². The lowest BCUT2D eigenvalue weighted by molar-refractivity contribution is -0.0599. The maximum Gasteiger partial charge on any atom is 0.386 e. The van der Waals surface area contributed by atoms with Crippen molar-refractivity contribution in [2.45, 2.75) is 49.1 Å². The van der Waals surface area contributed by atoms with Crippen LogP contribution in [0.25, 0.3) is 22.2 Å². The van der Waals surface area contributed by atoms with Crippen LogP contribution in [0.4, 0.5) is 5.95 Å². The third-order valence-electron chi connectivity index (χ3n) is 7.42. The predicted molar refractivity (Wildman–Crippen MR) is 157 cm³/mol. The number of benzene rings is 1. The Kier molecular flexibility index (Phi) is 7.73. The molecule has 7 rings (SSSR count). The number of rotatable bonds is 2. The van der Waals surface area contributed by atoms with E-state index in [0.717, 1.165) is 0 Å². The Morgan fingerprint density at radius 2 is 1.64 bits per heavy atom. The fourth-order valence-electron chi connectivity index (χ4n) is 5.40. The Labute approximate surface area is 257 Å². The van der Waals surface area contributed by atoms with Gasteiger partial charge in [0.25, 0.3) is 5.56 Å². The molecule has 3 aromatic heterocycles. The van der Waals surface area contributed by atoms with Crippen molar-refractivity contribution in [1.82, 2.24) is 29.1 Å². The van der Waals surface area contributed by atoms with E-state index in [1.165, 1.54) is 17.2 Å². The van der Waals surface area contributed by atoms with Gasteiger partial charge in [-0.05, 0) is 23.9 Å². The number of anilines is 1. The molecule has 6 N–H and O–H groups in total. The van der Waals surface area contributed by atoms with Gasteiger partial charge < -0.3 is 39.4 Å². The number of aliphatic hydroxyl groups excluding tert-OH is 2. The molecule has 0 aliphatic carbocycles. The second kappa shape index (κ2) is 11.2. The van der Waals surface area contributed by atoms with Crippen LogP contribution in [-0.2, 0) is 43.9 Å². The number of hydrogen-bond donors (Lipinski definition) is 6. The van der Waals surface area contributed by atoms with Gasteiger partial charge >= 0.3 is 13.5 Å². The third-order valence-corrected chi connectivity index (χ3v) is 10.6. The molecule has 236 valence electrons. The maximum atomic E-state index is 13.5. The molecule has 3 aliphatic heterocycles. The summed E-state index contributed by atoms with van der Waals surface area (Å²) in [7, 11) is 0. The number of hydrogen-bond acceptors (Lipinski definition) is 15. The molecule has 44 heavy (non-hydrogen) atoms. The number of nitrogens with two attached hydrogens (primary N) is 1. The summed E-state index contributed by atoms with van der Waals surface area (Å²) in [5.41, 5.74) is 6.24. The van der Waals surface area contributed by atoms with E-state index in [0.29, 0.717) is 11.0 Å². The van der Waals surface area contributed by atoms with Gasteiger partial charge in [0.1, 0.15) is 36.6 Å². The van der Waals surface area contributed by atoms with Crippen molar-refractivity contribution in [3.8, 4) is 0 Å². The van der Waals surface area contributed by atoms with Crippen molar-refractivity contribution >= 4 is 65.7 Å². The number of thiol groups is 1. The smallest absolute Gasteiger partial charge is 0.386 e. The highest BCUT2D eigenvalue weighted by Gasteiger charge is 2.52. The molecular formula is C22H25N7O11P2S2. The highest BCUT2D eigenvalue weighted by Crippen LogP contribution is 2.58. The van der Waals surface area contributed by atoms with Gasteiger partial charge in [0.15, 0.2) is 23.6 Å². The average Bonchev–Trinajstić information content (AvgIpc) is 3.72. The van der Waals surface area contributed by atoms with Crippen molar-refractivity contribution in [2.24, 2.45) is 0 Å². The summed E-state index contributed by atoms with van der Waals surface area (Å²) >= 11 is 9.35. The van der Waals surface area contributed by atoms with Crippen LogP contribution in [0.5, 0.6) is 0 Å². The van der Waals surface area contributed by atoms with Crippen LogP contribution >= 0.6 is 25.8 Å². The summed E-state index contributed by atoms with van der Waals surface area (Å²) in [5.74, 6) is -0.213. The van der Waals surface area contributed by atoms with E-state index < -0.39 is 81.4 Å². The summed E-state index contributed by atoms with van der Waals surface area (Å²) in [6.07, 6.45) is -7.86. The molecule has 6 heterocycles. The lowest BCUT2D eigenvalue weighted by Crippen LogP contribution is -2.37. The molecule has 3 saturated heterocycles. The summed E-state index contributed by atoms with van der Waals surface area (Å²) < 4.78 is 50.9. The van der Waals surface area contributed by atoms with Crippen molar-refractivity contribution in [3.05, 3.63) is 47.3 Å². The zero-order chi connectivity index (χ0) is 31.0. The van der Waals surface area contributed by atoms with E-state index in [9.17, 15) is 24.5 Å². The van der Waals surface area contributed by atoms with E-state index in [2.05, 4.69) is 32.2 Å². The van der Waals surface area contributed by atoms with Crippen LogP contribution in [0, 0.1) is 0 Å². The van der Waals surface area contributed by atoms with Gasteiger partial charge in [-0.2, -0.15) is 4.98 Å². The van der Waals surface area contributed by atoms with E-state index in [4.69, 9.17) is 45.1 Å². The summed E-state index contributed by atoms with van der Waals surface area (Å²) in [5, 5.41) is 22.4. The summed E-state index contributed by atoms with van der Waals surface area (Å²) in [6, 6.07) is 7.14. The SMILES string of the molecule is Nc1nc2c(ncn2[C@@H]2O[C@@H]3COP(O)(=S)OC4[C@@H](O)[C@@H](COP(=O)(S)O[C@H]2C3O)O[C@H]4n2cnc3ccccc32)c(=O)[nH]1. The molecule has 0 radical (unpaired) electrons. The molecule has 18 nitrogen and oxygen atoms in total. The van der Waals surface area contributed by atoms with E-state index in [-0.39, 0.29) is 17.1 Å². The van der Waals surface area contributed by atoms with Gasteiger partial charge in [-0.3, -0.25) is 27.9 Å². The number of ether oxygens (including phenoxy) is 2. The van der Waals surface area contributed by atoms with Crippen LogP contribution in [0.15, 0.2) is 41.7 Å². The maximum absolute atomic E-state index is 13.5. The van der Waals surface area contributed by atoms with Crippen molar-refractivity contribution in [3.63, 3.8) is 0 Å². The summed E-state index contributed by atoms with van der Waals surface area (Å²) in [4.78, 5) is 38.2. The first-order chi connectivity index (χ1) is 20.9. The van der Waals surface area contributed by atoms with E-state index in [1.807, 2.05) is 0 Å². The number of aromatic amines is 1. The molecule has 22 heteroatoms. The highest BCUT2D eigenvalue weighted by molar-refractivity contribution is 8.44. The van der Waals surface area contributed by atoms with Gasteiger partial charge in [0.05, 0.1) is 36.9 Å². The lowest BCUT2D eigenvalue weighted by Gasteiger charge is -2.27. The first-order valence-electron chi connectivity index (χ1n) is 13.0. The van der Waals surface area contributed by atoms with Gasteiger partial charge in [-0.15, -0.1) is 0 Å². The molecule has 10 atom stereocenters. The first-order valence-corrected chi connectivity index (χ1v) is 18.3. The number of H-pyrrole nitrogens is 1. The number of nitrogens with one attached hydrogen (secondary N) is 1. The quantitative estimate of drug-likeness (QED) is 0.123. The van der Waals surface area contributed by atoms with Crippen LogP contribution < -0.4 is 11.3 Å². The predicted octanol–water partition coefficient (Wildman–Crippen LogP) is 0.340. The van der Waals surface area contributed by atoms with Crippen LogP contribution in [0.3, 0.4) is 0 Å². The van der Waals surface area contributed by atoms with Gasteiger partial charge in [-0.25, -0.2) is 14.5 Å². The van der Waals surface area contributed by atoms with Crippen molar-refractivity contribution in [1.29, 1.82) is 0 Å². The number of aliphatic hydroxyl groups is 2. The lowest BCUT2D eigenvalue weighted by atomic mass is 10.1. The fourth-order valence-corrected chi connectivity index (χ4v) is 8.27. The molecule has 4 aromatic rings. The minimum Gasteiger partial charge on any atom is -0.387 e. The minimum absolute atomic E-state index is 0.0195.